The Bertz CT molecular complexity index is 441. The third-order valence-electron chi connectivity index (χ3n) is 3.94. The van der Waals surface area contributed by atoms with Gasteiger partial charge in [-0.05, 0) is 31.5 Å². The van der Waals surface area contributed by atoms with Crippen molar-refractivity contribution < 1.29 is 14.6 Å². The molecule has 1 amide bonds. The Kier molecular flexibility index (Phi) is 4.10. The zero-order valence-electron chi connectivity index (χ0n) is 11.7. The van der Waals surface area contributed by atoms with E-state index in [-0.39, 0.29) is 17.9 Å². The standard InChI is InChI=1S/C15H21NO3/c1-10(12-4-6-14(19-3)7-5-12)16-9-13(11(2)17)8-15(16)18/h4-7,10-11,13,17H,8-9H2,1-3H3/t10-,11-,13?/m0/s1. The number of ether oxygens (including phenoxy) is 1. The average molecular weight is 263 g/mol. The molecule has 0 saturated carbocycles. The van der Waals surface area contributed by atoms with Gasteiger partial charge in [-0.25, -0.2) is 0 Å². The molecule has 1 aromatic carbocycles. The summed E-state index contributed by atoms with van der Waals surface area (Å²) in [4.78, 5) is 13.9. The lowest BCUT2D eigenvalue weighted by molar-refractivity contribution is -0.129. The van der Waals surface area contributed by atoms with E-state index in [0.29, 0.717) is 13.0 Å². The number of amides is 1. The highest BCUT2D eigenvalue weighted by molar-refractivity contribution is 5.79. The highest BCUT2D eigenvalue weighted by Gasteiger charge is 2.35. The first kappa shape index (κ1) is 13.9. The predicted molar refractivity (Wildman–Crippen MR) is 72.9 cm³/mol. The lowest BCUT2D eigenvalue weighted by Gasteiger charge is -2.25. The van der Waals surface area contributed by atoms with Crippen LogP contribution >= 0.6 is 0 Å². The number of methoxy groups -OCH3 is 1. The fraction of sp³-hybridized carbons (Fsp3) is 0.533. The fourth-order valence-electron chi connectivity index (χ4n) is 2.52. The first-order chi connectivity index (χ1) is 9.02. The molecule has 0 radical (unpaired) electrons. The summed E-state index contributed by atoms with van der Waals surface area (Å²) in [6.45, 7) is 4.40. The quantitative estimate of drug-likeness (QED) is 0.903. The summed E-state index contributed by atoms with van der Waals surface area (Å²) < 4.78 is 5.13. The maximum absolute atomic E-state index is 12.0. The first-order valence-electron chi connectivity index (χ1n) is 6.64. The Morgan fingerprint density at radius 3 is 2.42 bits per heavy atom. The molecular weight excluding hydrogens is 242 g/mol. The molecule has 3 atom stereocenters. The van der Waals surface area contributed by atoms with Crippen molar-refractivity contribution in [1.29, 1.82) is 0 Å². The van der Waals surface area contributed by atoms with Crippen LogP contribution in [0.4, 0.5) is 0 Å². The van der Waals surface area contributed by atoms with E-state index in [1.54, 1.807) is 14.0 Å². The van der Waals surface area contributed by atoms with Crippen LogP contribution < -0.4 is 4.74 Å². The highest BCUT2D eigenvalue weighted by Crippen LogP contribution is 2.30. The van der Waals surface area contributed by atoms with E-state index >= 15 is 0 Å². The fourth-order valence-corrected chi connectivity index (χ4v) is 2.52. The van der Waals surface area contributed by atoms with Crippen molar-refractivity contribution in [2.45, 2.75) is 32.4 Å². The maximum atomic E-state index is 12.0. The molecule has 104 valence electrons. The van der Waals surface area contributed by atoms with Gasteiger partial charge in [-0.3, -0.25) is 4.79 Å². The van der Waals surface area contributed by atoms with E-state index < -0.39 is 6.10 Å². The molecule has 0 bridgehead atoms. The minimum atomic E-state index is -0.433. The topological polar surface area (TPSA) is 49.8 Å². The number of aliphatic hydroxyl groups excluding tert-OH is 1. The Morgan fingerprint density at radius 2 is 1.95 bits per heavy atom. The van der Waals surface area contributed by atoms with Crippen molar-refractivity contribution >= 4 is 5.91 Å². The molecule has 1 unspecified atom stereocenters. The van der Waals surface area contributed by atoms with Crippen LogP contribution in [0.2, 0.25) is 0 Å². The largest absolute Gasteiger partial charge is 0.497 e. The molecule has 4 nitrogen and oxygen atoms in total. The van der Waals surface area contributed by atoms with Crippen molar-refractivity contribution in [3.8, 4) is 5.75 Å². The summed E-state index contributed by atoms with van der Waals surface area (Å²) in [5.41, 5.74) is 1.08. The van der Waals surface area contributed by atoms with E-state index in [4.69, 9.17) is 4.74 Å². The van der Waals surface area contributed by atoms with Gasteiger partial charge >= 0.3 is 0 Å². The van der Waals surface area contributed by atoms with Crippen molar-refractivity contribution in [2.75, 3.05) is 13.7 Å². The van der Waals surface area contributed by atoms with Crippen molar-refractivity contribution in [3.05, 3.63) is 29.8 Å². The molecule has 1 heterocycles. The van der Waals surface area contributed by atoms with E-state index in [2.05, 4.69) is 0 Å². The van der Waals surface area contributed by atoms with Crippen molar-refractivity contribution in [3.63, 3.8) is 0 Å². The first-order valence-corrected chi connectivity index (χ1v) is 6.64. The van der Waals surface area contributed by atoms with Gasteiger partial charge in [-0.1, -0.05) is 12.1 Å². The number of likely N-dealkylation sites (tertiary alicyclic amines) is 1. The lowest BCUT2D eigenvalue weighted by atomic mass is 10.0. The summed E-state index contributed by atoms with van der Waals surface area (Å²) >= 11 is 0. The molecule has 1 saturated heterocycles. The smallest absolute Gasteiger partial charge is 0.223 e. The van der Waals surface area contributed by atoms with Crippen LogP contribution in [0.5, 0.6) is 5.75 Å². The van der Waals surface area contributed by atoms with Gasteiger partial charge in [0.25, 0.3) is 0 Å². The Labute approximate surface area is 114 Å². The predicted octanol–water partition coefficient (Wildman–Crippen LogP) is 1.99. The Hall–Kier alpha value is -1.55. The molecule has 0 aromatic heterocycles. The monoisotopic (exact) mass is 263 g/mol. The molecule has 0 spiro atoms. The molecule has 1 fully saturated rings. The number of hydrogen-bond donors (Lipinski definition) is 1. The SMILES string of the molecule is COc1ccc([C@H](C)N2CC([C@H](C)O)CC2=O)cc1. The number of carbonyl (C=O) groups excluding carboxylic acids is 1. The van der Waals surface area contributed by atoms with Crippen molar-refractivity contribution in [2.24, 2.45) is 5.92 Å². The van der Waals surface area contributed by atoms with Gasteiger partial charge in [0, 0.05) is 18.9 Å². The van der Waals surface area contributed by atoms with Gasteiger partial charge in [-0.2, -0.15) is 0 Å². The summed E-state index contributed by atoms with van der Waals surface area (Å²) in [6, 6.07) is 7.79. The lowest BCUT2D eigenvalue weighted by Crippen LogP contribution is -2.29. The minimum absolute atomic E-state index is 0.0298. The van der Waals surface area contributed by atoms with Crippen LogP contribution in [-0.4, -0.2) is 35.7 Å². The van der Waals surface area contributed by atoms with E-state index in [1.807, 2.05) is 36.1 Å². The van der Waals surface area contributed by atoms with Crippen LogP contribution in [0.3, 0.4) is 0 Å². The second-order valence-electron chi connectivity index (χ2n) is 5.20. The van der Waals surface area contributed by atoms with Crippen molar-refractivity contribution in [1.82, 2.24) is 4.90 Å². The highest BCUT2D eigenvalue weighted by atomic mass is 16.5. The van der Waals surface area contributed by atoms with Gasteiger partial charge in [0.1, 0.15) is 5.75 Å². The number of nitrogens with zero attached hydrogens (tertiary/aromatic N) is 1. The van der Waals surface area contributed by atoms with Crippen LogP contribution in [0.1, 0.15) is 31.9 Å². The van der Waals surface area contributed by atoms with E-state index in [1.165, 1.54) is 0 Å². The number of carbonyl (C=O) groups is 1. The molecular formula is C15H21NO3. The maximum Gasteiger partial charge on any atom is 0.223 e. The van der Waals surface area contributed by atoms with E-state index in [0.717, 1.165) is 11.3 Å². The third kappa shape index (κ3) is 2.89. The van der Waals surface area contributed by atoms with Gasteiger partial charge in [0.2, 0.25) is 5.91 Å². The van der Waals surface area contributed by atoms with Gasteiger partial charge in [-0.15, -0.1) is 0 Å². The summed E-state index contributed by atoms with van der Waals surface area (Å²) in [5, 5.41) is 9.61. The number of aliphatic hydroxyl groups is 1. The molecule has 4 heteroatoms. The Morgan fingerprint density at radius 1 is 1.32 bits per heavy atom. The normalized spacial score (nSPS) is 22.4. The number of benzene rings is 1. The molecule has 1 aromatic rings. The molecule has 1 aliphatic heterocycles. The second kappa shape index (κ2) is 5.61. The zero-order chi connectivity index (χ0) is 14.0. The third-order valence-corrected chi connectivity index (χ3v) is 3.94. The van der Waals surface area contributed by atoms with Gasteiger partial charge < -0.3 is 14.7 Å². The summed E-state index contributed by atoms with van der Waals surface area (Å²) in [7, 11) is 1.63. The Balaban J connectivity index is 2.10. The van der Waals surface area contributed by atoms with Crippen LogP contribution in [0.25, 0.3) is 0 Å². The van der Waals surface area contributed by atoms with Gasteiger partial charge in [0.05, 0.1) is 19.3 Å². The van der Waals surface area contributed by atoms with Crippen LogP contribution in [-0.2, 0) is 4.79 Å². The zero-order valence-corrected chi connectivity index (χ0v) is 11.7. The molecule has 19 heavy (non-hydrogen) atoms. The van der Waals surface area contributed by atoms with Crippen LogP contribution in [0.15, 0.2) is 24.3 Å². The minimum Gasteiger partial charge on any atom is -0.497 e. The molecule has 0 aliphatic carbocycles. The summed E-state index contributed by atoms with van der Waals surface area (Å²) in [5.74, 6) is 0.980. The molecule has 1 N–H and O–H groups in total. The van der Waals surface area contributed by atoms with Crippen LogP contribution in [0, 0.1) is 5.92 Å². The molecule has 2 rings (SSSR count). The number of hydrogen-bond acceptors (Lipinski definition) is 3. The molecule has 1 aliphatic rings. The second-order valence-corrected chi connectivity index (χ2v) is 5.20. The van der Waals surface area contributed by atoms with E-state index in [9.17, 15) is 9.90 Å². The summed E-state index contributed by atoms with van der Waals surface area (Å²) in [6.07, 6.45) is 0.00930. The average Bonchev–Trinajstić information content (AvgIpc) is 2.80. The number of rotatable bonds is 4. The van der Waals surface area contributed by atoms with Gasteiger partial charge in [0.15, 0.2) is 0 Å².